The zero-order valence-corrected chi connectivity index (χ0v) is 20.1. The van der Waals surface area contributed by atoms with Crippen LogP contribution in [0.15, 0.2) is 77.2 Å². The average Bonchev–Trinajstić information content (AvgIpc) is 3.52. The van der Waals surface area contributed by atoms with Crippen molar-refractivity contribution in [2.75, 3.05) is 0 Å². The van der Waals surface area contributed by atoms with Gasteiger partial charge in [-0.2, -0.15) is 0 Å². The molecule has 40 heavy (non-hydrogen) atoms. The van der Waals surface area contributed by atoms with Gasteiger partial charge in [-0.05, 0) is 26.9 Å². The molecule has 0 radical (unpaired) electrons. The number of carbonyl (C=O) groups is 2. The second-order valence-electron chi connectivity index (χ2n) is 8.59. The number of aliphatic hydroxyl groups is 2. The van der Waals surface area contributed by atoms with Gasteiger partial charge < -0.3 is 14.9 Å². The lowest BCUT2D eigenvalue weighted by Crippen LogP contribution is -2.56. The van der Waals surface area contributed by atoms with E-state index in [1.54, 1.807) is 24.3 Å². The van der Waals surface area contributed by atoms with Gasteiger partial charge in [0.25, 0.3) is 0 Å². The van der Waals surface area contributed by atoms with Gasteiger partial charge in [-0.1, -0.05) is 60.7 Å². The molecule has 5 atom stereocenters. The Morgan fingerprint density at radius 2 is 1.70 bits per heavy atom. The Balaban J connectivity index is 1.65. The standard InChI is InChI=1S/C24H17FN10O5/c25-17-22(35-11-28-14-20(31-33-26)29-23(32-34-27)30-21(14)35)40-19(16(37)15(36)12-7-3-1-4-8-12)24(17,39)18(38)13-9-5-2-6-10-13/h1-11,15,17,19,22,36,39H/t15?,17-,19+,22+,24+/m0/s1. The predicted molar refractivity (Wildman–Crippen MR) is 134 cm³/mol. The molecule has 1 aliphatic heterocycles. The van der Waals surface area contributed by atoms with Crippen LogP contribution in [0.4, 0.5) is 16.2 Å². The molecule has 2 aromatic heterocycles. The second kappa shape index (κ2) is 10.5. The van der Waals surface area contributed by atoms with Crippen LogP contribution in [0, 0.1) is 0 Å². The summed E-state index contributed by atoms with van der Waals surface area (Å²) in [6.07, 6.45) is -7.55. The van der Waals surface area contributed by atoms with Crippen LogP contribution >= 0.6 is 0 Å². The van der Waals surface area contributed by atoms with Crippen LogP contribution in [0.1, 0.15) is 28.3 Å². The molecule has 3 heterocycles. The van der Waals surface area contributed by atoms with Crippen LogP contribution in [-0.4, -0.2) is 59.2 Å². The van der Waals surface area contributed by atoms with E-state index in [1.165, 1.54) is 36.4 Å². The molecule has 2 aromatic carbocycles. The molecule has 1 fully saturated rings. The van der Waals surface area contributed by atoms with Crippen molar-refractivity contribution in [3.05, 3.63) is 99.0 Å². The number of hydrogen-bond donors (Lipinski definition) is 2. The number of ketones is 2. The minimum atomic E-state index is -3.09. The van der Waals surface area contributed by atoms with Crippen LogP contribution in [-0.2, 0) is 9.53 Å². The van der Waals surface area contributed by atoms with Crippen LogP contribution in [0.5, 0.6) is 0 Å². The van der Waals surface area contributed by atoms with Crippen molar-refractivity contribution in [3.63, 3.8) is 0 Å². The molecule has 0 bridgehead atoms. The van der Waals surface area contributed by atoms with E-state index in [0.717, 1.165) is 10.9 Å². The predicted octanol–water partition coefficient (Wildman–Crippen LogP) is 3.86. The molecule has 1 unspecified atom stereocenters. The third-order valence-electron chi connectivity index (χ3n) is 6.33. The van der Waals surface area contributed by atoms with Crippen LogP contribution < -0.4 is 0 Å². The Morgan fingerprint density at radius 3 is 2.35 bits per heavy atom. The largest absolute Gasteiger partial charge is 0.380 e. The van der Waals surface area contributed by atoms with E-state index >= 15 is 4.39 Å². The van der Waals surface area contributed by atoms with Crippen LogP contribution in [0.25, 0.3) is 32.0 Å². The molecule has 0 saturated carbocycles. The lowest BCUT2D eigenvalue weighted by Gasteiger charge is -2.28. The summed E-state index contributed by atoms with van der Waals surface area (Å²) in [5.41, 5.74) is 14.2. The van der Waals surface area contributed by atoms with Gasteiger partial charge in [0.15, 0.2) is 41.4 Å². The van der Waals surface area contributed by atoms with Crippen molar-refractivity contribution >= 4 is 34.5 Å². The smallest absolute Gasteiger partial charge is 0.219 e. The summed E-state index contributed by atoms with van der Waals surface area (Å²) < 4.78 is 23.0. The van der Waals surface area contributed by atoms with E-state index in [-0.39, 0.29) is 28.1 Å². The van der Waals surface area contributed by atoms with Gasteiger partial charge in [0.1, 0.15) is 11.6 Å². The molecule has 16 heteroatoms. The molecule has 5 rings (SSSR count). The summed E-state index contributed by atoms with van der Waals surface area (Å²) in [6.45, 7) is 0. The fraction of sp³-hybridized carbons (Fsp3) is 0.208. The lowest BCUT2D eigenvalue weighted by atomic mass is 9.81. The number of imidazole rings is 1. The van der Waals surface area contributed by atoms with E-state index in [1.807, 2.05) is 0 Å². The Kier molecular flexibility index (Phi) is 6.92. The number of nitrogens with zero attached hydrogens (tertiary/aromatic N) is 10. The normalized spacial score (nSPS) is 22.7. The molecule has 200 valence electrons. The molecular weight excluding hydrogens is 527 g/mol. The van der Waals surface area contributed by atoms with Crippen molar-refractivity contribution in [3.8, 4) is 0 Å². The maximum Gasteiger partial charge on any atom is 0.219 e. The van der Waals surface area contributed by atoms with Crippen LogP contribution in [0.2, 0.25) is 0 Å². The Hall–Kier alpha value is -5.24. The maximum atomic E-state index is 16.4. The summed E-state index contributed by atoms with van der Waals surface area (Å²) in [7, 11) is 0. The van der Waals surface area contributed by atoms with Crippen molar-refractivity contribution in [2.45, 2.75) is 30.2 Å². The summed E-state index contributed by atoms with van der Waals surface area (Å²) in [4.78, 5) is 44.0. The van der Waals surface area contributed by atoms with E-state index < -0.39 is 47.7 Å². The monoisotopic (exact) mass is 544 g/mol. The SMILES string of the molecule is [N-]=[N+]=Nc1nc(N=[N+]=[N-])c2ncn([C@@H]3O[C@H](C(=O)C(O)c4ccccc4)[C@](O)(C(=O)c4ccccc4)[C@H]3F)c2n1. The number of fused-ring (bicyclic) bond motifs is 1. The minimum Gasteiger partial charge on any atom is -0.380 e. The number of aromatic nitrogens is 4. The molecular formula is C24H17FN10O5. The topological polar surface area (TPSA) is 225 Å². The average molecular weight is 544 g/mol. The van der Waals surface area contributed by atoms with Gasteiger partial charge in [-0.15, -0.1) is 0 Å². The van der Waals surface area contributed by atoms with Gasteiger partial charge in [-0.3, -0.25) is 14.2 Å². The number of carbonyl (C=O) groups excluding carboxylic acids is 2. The van der Waals surface area contributed by atoms with Gasteiger partial charge in [0.2, 0.25) is 11.7 Å². The molecule has 1 saturated heterocycles. The minimum absolute atomic E-state index is 0.113. The van der Waals surface area contributed by atoms with Crippen molar-refractivity contribution < 1.29 is 28.9 Å². The maximum absolute atomic E-state index is 16.4. The van der Waals surface area contributed by atoms with E-state index in [2.05, 4.69) is 35.0 Å². The number of ether oxygens (including phenoxy) is 1. The number of halogens is 1. The van der Waals surface area contributed by atoms with Gasteiger partial charge in [-0.25, -0.2) is 19.3 Å². The first-order valence-corrected chi connectivity index (χ1v) is 11.5. The number of Topliss-reactive ketones (excluding diaryl/α,β-unsaturated/α-hetero) is 2. The van der Waals surface area contributed by atoms with Crippen LogP contribution in [0.3, 0.4) is 0 Å². The molecule has 1 aliphatic rings. The first-order chi connectivity index (χ1) is 19.3. The zero-order valence-electron chi connectivity index (χ0n) is 20.1. The van der Waals surface area contributed by atoms with Gasteiger partial charge in [0, 0.05) is 15.4 Å². The number of hydrogen-bond acceptors (Lipinski definition) is 10. The fourth-order valence-electron chi connectivity index (χ4n) is 4.45. The van der Waals surface area contributed by atoms with Gasteiger partial charge >= 0.3 is 0 Å². The Bertz CT molecular complexity index is 1710. The highest BCUT2D eigenvalue weighted by Gasteiger charge is 2.65. The lowest BCUT2D eigenvalue weighted by molar-refractivity contribution is -0.147. The third-order valence-corrected chi connectivity index (χ3v) is 6.33. The van der Waals surface area contributed by atoms with Crippen molar-refractivity contribution in [1.82, 2.24) is 19.5 Å². The number of aliphatic hydroxyl groups excluding tert-OH is 1. The second-order valence-corrected chi connectivity index (χ2v) is 8.59. The van der Waals surface area contributed by atoms with Crippen molar-refractivity contribution in [1.29, 1.82) is 0 Å². The summed E-state index contributed by atoms with van der Waals surface area (Å²) in [6, 6.07) is 14.9. The Labute approximate surface area is 222 Å². The quantitative estimate of drug-likeness (QED) is 0.143. The first kappa shape index (κ1) is 26.4. The van der Waals surface area contributed by atoms with E-state index in [4.69, 9.17) is 15.8 Å². The third kappa shape index (κ3) is 4.29. The van der Waals surface area contributed by atoms with E-state index in [0.29, 0.717) is 0 Å². The number of benzene rings is 2. The van der Waals surface area contributed by atoms with E-state index in [9.17, 15) is 19.8 Å². The number of alkyl halides is 1. The summed E-state index contributed by atoms with van der Waals surface area (Å²) in [5, 5.41) is 29.1. The highest BCUT2D eigenvalue weighted by Crippen LogP contribution is 2.44. The number of rotatable bonds is 8. The van der Waals surface area contributed by atoms with Gasteiger partial charge in [0.05, 0.1) is 6.33 Å². The zero-order chi connectivity index (χ0) is 28.4. The molecule has 0 aliphatic carbocycles. The first-order valence-electron chi connectivity index (χ1n) is 11.5. The summed E-state index contributed by atoms with van der Waals surface area (Å²) >= 11 is 0. The molecule has 4 aromatic rings. The molecule has 2 N–H and O–H groups in total. The Morgan fingerprint density at radius 1 is 1.05 bits per heavy atom. The fourth-order valence-corrected chi connectivity index (χ4v) is 4.45. The molecule has 15 nitrogen and oxygen atoms in total. The number of azide groups is 2. The highest BCUT2D eigenvalue weighted by molar-refractivity contribution is 6.08. The summed E-state index contributed by atoms with van der Waals surface area (Å²) in [5.74, 6) is -3.20. The molecule has 0 spiro atoms. The molecule has 0 amide bonds. The van der Waals surface area contributed by atoms with Crippen molar-refractivity contribution in [2.24, 2.45) is 10.2 Å². The highest BCUT2D eigenvalue weighted by atomic mass is 19.1.